The minimum absolute atomic E-state index is 0. The second-order valence-corrected chi connectivity index (χ2v) is 19.6. The van der Waals surface area contributed by atoms with E-state index in [4.69, 9.17) is 0 Å². The van der Waals surface area contributed by atoms with Crippen LogP contribution in [0.5, 0.6) is 0 Å². The van der Waals surface area contributed by atoms with Gasteiger partial charge in [0.25, 0.3) is 0 Å². The highest BCUT2D eigenvalue weighted by Gasteiger charge is 2.38. The van der Waals surface area contributed by atoms with Gasteiger partial charge in [-0.3, -0.25) is 0 Å². The van der Waals surface area contributed by atoms with E-state index in [0.29, 0.717) is 5.92 Å². The summed E-state index contributed by atoms with van der Waals surface area (Å²) in [6.45, 7) is 88.9. The van der Waals surface area contributed by atoms with Crippen molar-refractivity contribution in [2.24, 2.45) is 35.5 Å². The van der Waals surface area contributed by atoms with Crippen LogP contribution in [-0.4, -0.2) is 0 Å². The molecule has 4 aromatic rings. The first kappa shape index (κ1) is 119. The van der Waals surface area contributed by atoms with Crippen LogP contribution in [0.25, 0.3) is 10.8 Å². The zero-order valence-electron chi connectivity index (χ0n) is 64.8. The van der Waals surface area contributed by atoms with E-state index in [1.54, 1.807) is 77.5 Å². The van der Waals surface area contributed by atoms with E-state index < -0.39 is 0 Å². The molecule has 0 N–H and O–H groups in total. The van der Waals surface area contributed by atoms with Crippen LogP contribution in [0.2, 0.25) is 0 Å². The summed E-state index contributed by atoms with van der Waals surface area (Å²) in [4.78, 5) is 0. The number of benzene rings is 4. The Hall–Kier alpha value is -2.86. The van der Waals surface area contributed by atoms with Gasteiger partial charge in [0.1, 0.15) is 0 Å². The van der Waals surface area contributed by atoms with Crippen molar-refractivity contribution in [1.29, 1.82) is 0 Å². The summed E-state index contributed by atoms with van der Waals surface area (Å²) in [5.74, 6) is 9.48. The van der Waals surface area contributed by atoms with Crippen molar-refractivity contribution in [1.82, 2.24) is 0 Å². The summed E-state index contributed by atoms with van der Waals surface area (Å²) in [6.07, 6.45) is 7.77. The van der Waals surface area contributed by atoms with Crippen LogP contribution in [0.1, 0.15) is 438 Å². The van der Waals surface area contributed by atoms with Gasteiger partial charge < -0.3 is 0 Å². The van der Waals surface area contributed by atoms with E-state index >= 15 is 0 Å². The van der Waals surface area contributed by atoms with Crippen molar-refractivity contribution in [3.05, 3.63) is 115 Å². The Balaban J connectivity index is -0.0000000624. The third-order valence-electron chi connectivity index (χ3n) is 16.6. The fourth-order valence-electron chi connectivity index (χ4n) is 12.0. The molecule has 0 nitrogen and oxygen atoms in total. The number of hydrogen-bond donors (Lipinski definition) is 0. The summed E-state index contributed by atoms with van der Waals surface area (Å²) >= 11 is 0. The lowest BCUT2D eigenvalue weighted by atomic mass is 9.86. The molecule has 0 spiro atoms. The molecule has 0 amide bonds. The molecule has 0 saturated carbocycles. The van der Waals surface area contributed by atoms with Gasteiger partial charge in [-0.15, -0.1) is 0 Å². The minimum Gasteiger partial charge on any atom is -0.0776 e. The Labute approximate surface area is 567 Å². The van der Waals surface area contributed by atoms with Crippen LogP contribution in [0, 0.1) is 35.5 Å². The molecule has 6 aliphatic carbocycles. The van der Waals surface area contributed by atoms with Crippen LogP contribution in [0.15, 0.2) is 48.5 Å². The number of rotatable bonds is 0. The molecular weight excluding hydrogens is 1060 g/mol. The average molecular weight is 1240 g/mol. The fourth-order valence-corrected chi connectivity index (χ4v) is 12.0. The molecule has 0 fully saturated rings. The Morgan fingerprint density at radius 2 is 0.466 bits per heavy atom. The molecule has 4 aromatic carbocycles. The highest BCUT2D eigenvalue weighted by atomic mass is 14.4. The lowest BCUT2D eigenvalue weighted by molar-refractivity contribution is 0.520. The van der Waals surface area contributed by atoms with Crippen molar-refractivity contribution >= 4 is 10.8 Å². The molecule has 88 heavy (non-hydrogen) atoms. The van der Waals surface area contributed by atoms with E-state index in [2.05, 4.69) is 132 Å². The van der Waals surface area contributed by atoms with Crippen LogP contribution < -0.4 is 0 Å². The van der Waals surface area contributed by atoms with E-state index in [1.165, 1.54) is 38.5 Å². The van der Waals surface area contributed by atoms with Crippen molar-refractivity contribution in [2.75, 3.05) is 0 Å². The van der Waals surface area contributed by atoms with Crippen LogP contribution >= 0.6 is 0 Å². The molecule has 0 radical (unpaired) electrons. The predicted octanol–water partition coefficient (Wildman–Crippen LogP) is 33.2. The van der Waals surface area contributed by atoms with E-state index in [-0.39, 0.29) is 44.6 Å². The van der Waals surface area contributed by atoms with E-state index in [1.807, 2.05) is 208 Å². The smallest absolute Gasteiger partial charge is 0.0143 e. The standard InChI is InChI=1S/C20H24.2C16H22.15C2H6.6CH4/c1-11-9-17-15-7-5-6-8-16(15)19-13(3)12(2)10-18(19)20(17)14(11)4;1-9-5-13-7-16-12(4)10(2)6-14(16)8-15(13)11(9)3;1-9-7-13-5-6-14-11(3)10(2)8-15(14)16(13)12(9)4;15*1-2;;;;;;/h5-8,11-14H,9-10H2,1-4H3;7-12H,5-6H2,1-4H3;5-6,9-12H,7-8H2,1-4H3;15*1-2H3;6*1H4/t11-,12-,13-,14-;2*9-,10-,11-,12-;;;;;;;;;;;;;;;;;;;;;/m111...................../s1. The Bertz CT molecular complexity index is 1970. The SMILES string of the molecule is C.C.C.C.C.C.CC.CC.CC.CC.CC.CC.CC.CC.CC.CC.CC.CC.CC.CC.CC.C[C@@H]1Cc2c(c3c(c4ccccc24)[C@H](C)[C@H](C)C3)[C@@H]1C.C[C@@H]1Cc2c(ccc3c2[C@H](C)[C@H](C)C3)[C@@H]1C.C[C@@H]1Cc2cc3c(cc2[C@@H]1C)C[C@@H](C)[C@H]3C. The molecule has 6 aliphatic rings. The third kappa shape index (κ3) is 31.6. The zero-order chi connectivity index (χ0) is 66.9. The van der Waals surface area contributed by atoms with Gasteiger partial charge in [0.05, 0.1) is 0 Å². The maximum atomic E-state index is 2.53. The van der Waals surface area contributed by atoms with Gasteiger partial charge >= 0.3 is 0 Å². The molecule has 12 atom stereocenters. The van der Waals surface area contributed by atoms with Crippen LogP contribution in [0.4, 0.5) is 0 Å². The quantitative estimate of drug-likeness (QED) is 0.165. The Morgan fingerprint density at radius 1 is 0.216 bits per heavy atom. The number of fused-ring (bicyclic) bond motifs is 11. The normalized spacial score (nSPS) is 21.4. The first-order chi connectivity index (χ1) is 39.8. The summed E-state index contributed by atoms with van der Waals surface area (Å²) in [5, 5.41) is 3.08. The Kier molecular flexibility index (Phi) is 99.1. The third-order valence-corrected chi connectivity index (χ3v) is 16.6. The molecule has 534 valence electrons. The van der Waals surface area contributed by atoms with Gasteiger partial charge in [-0.2, -0.15) is 0 Å². The second kappa shape index (κ2) is 73.2. The summed E-state index contributed by atoms with van der Waals surface area (Å²) in [6, 6.07) is 19.0. The van der Waals surface area contributed by atoms with Gasteiger partial charge in [-0.1, -0.05) is 384 Å². The highest BCUT2D eigenvalue weighted by molar-refractivity contribution is 5.93. The highest BCUT2D eigenvalue weighted by Crippen LogP contribution is 2.52. The second-order valence-electron chi connectivity index (χ2n) is 19.6. The summed E-state index contributed by atoms with van der Waals surface area (Å²) in [7, 11) is 0. The predicted molar refractivity (Wildman–Crippen MR) is 435 cm³/mol. The summed E-state index contributed by atoms with van der Waals surface area (Å²) < 4.78 is 0. The number of hydrogen-bond acceptors (Lipinski definition) is 0. The molecule has 0 unspecified atom stereocenters. The zero-order valence-corrected chi connectivity index (χ0v) is 64.8. The van der Waals surface area contributed by atoms with E-state index in [9.17, 15) is 0 Å². The van der Waals surface area contributed by atoms with Gasteiger partial charge in [0, 0.05) is 0 Å². The van der Waals surface area contributed by atoms with Crippen molar-refractivity contribution in [3.8, 4) is 0 Å². The van der Waals surface area contributed by atoms with Crippen molar-refractivity contribution < 1.29 is 0 Å². The average Bonchev–Trinajstić information content (AvgIpc) is 4.37. The monoisotopic (exact) mass is 1240 g/mol. The first-order valence-electron chi connectivity index (χ1n) is 36.6. The van der Waals surface area contributed by atoms with Gasteiger partial charge in [-0.05, 0) is 187 Å². The molecule has 0 saturated heterocycles. The largest absolute Gasteiger partial charge is 0.0776 e. The summed E-state index contributed by atoms with van der Waals surface area (Å²) in [5.41, 5.74) is 20.1. The maximum absolute atomic E-state index is 2.53. The lowest BCUT2D eigenvalue weighted by Crippen LogP contribution is -2.01. The Morgan fingerprint density at radius 3 is 0.830 bits per heavy atom. The first-order valence-corrected chi connectivity index (χ1v) is 36.6. The van der Waals surface area contributed by atoms with Crippen LogP contribution in [-0.2, 0) is 38.5 Å². The van der Waals surface area contributed by atoms with Crippen molar-refractivity contribution in [3.63, 3.8) is 0 Å². The molecule has 0 heteroatoms. The molecule has 10 rings (SSSR count). The fraction of sp³-hybridized carbons (Fsp3) is 0.750. The van der Waals surface area contributed by atoms with Crippen LogP contribution in [0.3, 0.4) is 0 Å². The van der Waals surface area contributed by atoms with Crippen molar-refractivity contribution in [2.45, 2.75) is 409 Å². The molecular formula is C88H182. The molecule has 0 heterocycles. The lowest BCUT2D eigenvalue weighted by Gasteiger charge is -2.18. The molecule has 0 aliphatic heterocycles. The van der Waals surface area contributed by atoms with E-state index in [0.717, 1.165) is 65.1 Å². The molecule has 0 bridgehead atoms. The minimum atomic E-state index is 0. The van der Waals surface area contributed by atoms with Gasteiger partial charge in [0.2, 0.25) is 0 Å². The molecule has 0 aromatic heterocycles. The topological polar surface area (TPSA) is 0 Å². The van der Waals surface area contributed by atoms with Gasteiger partial charge in [-0.25, -0.2) is 0 Å². The maximum Gasteiger partial charge on any atom is -0.0143 e. The van der Waals surface area contributed by atoms with Gasteiger partial charge in [0.15, 0.2) is 0 Å².